The first-order chi connectivity index (χ1) is 10.5. The van der Waals surface area contributed by atoms with Gasteiger partial charge in [0.2, 0.25) is 0 Å². The van der Waals surface area contributed by atoms with Gasteiger partial charge in [0.05, 0.1) is 14.2 Å². The summed E-state index contributed by atoms with van der Waals surface area (Å²) in [6.45, 7) is 0. The van der Waals surface area contributed by atoms with E-state index in [0.717, 1.165) is 12.2 Å². The SMILES string of the molecule is COc1ccc(OC)c2c1C(=O)N(N1C(=O)C=CC1=O)C2=O. The second kappa shape index (κ2) is 4.69. The molecule has 112 valence electrons. The number of nitrogens with zero attached hydrogens (tertiary/aromatic N) is 2. The maximum absolute atomic E-state index is 12.5. The van der Waals surface area contributed by atoms with Gasteiger partial charge in [0, 0.05) is 12.2 Å². The fourth-order valence-electron chi connectivity index (χ4n) is 2.40. The van der Waals surface area contributed by atoms with Crippen LogP contribution < -0.4 is 9.47 Å². The average molecular weight is 302 g/mol. The maximum atomic E-state index is 12.5. The Kier molecular flexibility index (Phi) is 2.94. The molecule has 2 aliphatic rings. The second-order valence-electron chi connectivity index (χ2n) is 4.46. The summed E-state index contributed by atoms with van der Waals surface area (Å²) in [6.07, 6.45) is 1.97. The summed E-state index contributed by atoms with van der Waals surface area (Å²) >= 11 is 0. The molecule has 0 unspecified atom stereocenters. The fourth-order valence-corrected chi connectivity index (χ4v) is 2.40. The van der Waals surface area contributed by atoms with Crippen LogP contribution in [0.25, 0.3) is 0 Å². The lowest BCUT2D eigenvalue weighted by Gasteiger charge is -2.22. The number of carbonyl (C=O) groups is 4. The van der Waals surface area contributed by atoms with E-state index in [-0.39, 0.29) is 22.6 Å². The highest BCUT2D eigenvalue weighted by Gasteiger charge is 2.47. The first kappa shape index (κ1) is 13.8. The molecule has 8 heteroatoms. The molecule has 0 atom stereocenters. The molecule has 4 amide bonds. The molecule has 0 N–H and O–H groups in total. The summed E-state index contributed by atoms with van der Waals surface area (Å²) < 4.78 is 10.2. The zero-order valence-corrected chi connectivity index (χ0v) is 11.7. The van der Waals surface area contributed by atoms with Gasteiger partial charge in [-0.2, -0.15) is 10.0 Å². The minimum atomic E-state index is -0.818. The molecule has 0 saturated heterocycles. The summed E-state index contributed by atoms with van der Waals surface area (Å²) in [4.78, 5) is 48.5. The number of hydrogen-bond donors (Lipinski definition) is 0. The van der Waals surface area contributed by atoms with Crippen molar-refractivity contribution in [3.05, 3.63) is 35.4 Å². The average Bonchev–Trinajstić information content (AvgIpc) is 2.97. The molecule has 0 saturated carbocycles. The van der Waals surface area contributed by atoms with Crippen LogP contribution in [0.1, 0.15) is 20.7 Å². The van der Waals surface area contributed by atoms with E-state index < -0.39 is 23.6 Å². The molecule has 1 aromatic rings. The number of fused-ring (bicyclic) bond motifs is 1. The monoisotopic (exact) mass is 302 g/mol. The van der Waals surface area contributed by atoms with Gasteiger partial charge in [0.15, 0.2) is 0 Å². The Hall–Kier alpha value is -3.16. The quantitative estimate of drug-likeness (QED) is 0.737. The molecular weight excluding hydrogens is 292 g/mol. The number of rotatable bonds is 3. The smallest absolute Gasteiger partial charge is 0.285 e. The van der Waals surface area contributed by atoms with E-state index in [9.17, 15) is 19.2 Å². The van der Waals surface area contributed by atoms with Crippen LogP contribution in [-0.4, -0.2) is 47.9 Å². The lowest BCUT2D eigenvalue weighted by Crippen LogP contribution is -2.49. The number of methoxy groups -OCH3 is 2. The van der Waals surface area contributed by atoms with Crippen LogP contribution in [0.15, 0.2) is 24.3 Å². The Labute approximate surface area is 124 Å². The van der Waals surface area contributed by atoms with Gasteiger partial charge in [0.1, 0.15) is 22.6 Å². The lowest BCUT2D eigenvalue weighted by molar-refractivity contribution is -0.148. The Morgan fingerprint density at radius 1 is 0.727 bits per heavy atom. The lowest BCUT2D eigenvalue weighted by atomic mass is 10.1. The van der Waals surface area contributed by atoms with Gasteiger partial charge in [-0.25, -0.2) is 0 Å². The maximum Gasteiger partial charge on any atom is 0.285 e. The molecule has 0 aromatic heterocycles. The van der Waals surface area contributed by atoms with Crippen LogP contribution in [0.5, 0.6) is 11.5 Å². The molecule has 1 aromatic carbocycles. The Balaban J connectivity index is 2.16. The summed E-state index contributed by atoms with van der Waals surface area (Å²) in [5, 5.41) is 0.990. The highest BCUT2D eigenvalue weighted by Crippen LogP contribution is 2.38. The largest absolute Gasteiger partial charge is 0.496 e. The van der Waals surface area contributed by atoms with E-state index in [1.54, 1.807) is 0 Å². The predicted molar refractivity (Wildman–Crippen MR) is 71.0 cm³/mol. The minimum absolute atomic E-state index is 0.0423. The fraction of sp³-hybridized carbons (Fsp3) is 0.143. The van der Waals surface area contributed by atoms with E-state index in [4.69, 9.17) is 9.47 Å². The van der Waals surface area contributed by atoms with E-state index in [0.29, 0.717) is 10.0 Å². The topological polar surface area (TPSA) is 93.2 Å². The normalized spacial score (nSPS) is 16.6. The van der Waals surface area contributed by atoms with Gasteiger partial charge >= 0.3 is 0 Å². The Morgan fingerprint density at radius 3 is 1.50 bits per heavy atom. The highest BCUT2D eigenvalue weighted by atomic mass is 16.5. The molecule has 22 heavy (non-hydrogen) atoms. The number of amides is 4. The third-order valence-electron chi connectivity index (χ3n) is 3.37. The van der Waals surface area contributed by atoms with Gasteiger partial charge in [-0.15, -0.1) is 0 Å². The molecule has 2 aliphatic heterocycles. The van der Waals surface area contributed by atoms with Gasteiger partial charge in [-0.05, 0) is 12.1 Å². The van der Waals surface area contributed by atoms with Crippen molar-refractivity contribution in [3.63, 3.8) is 0 Å². The van der Waals surface area contributed by atoms with Gasteiger partial charge in [0.25, 0.3) is 23.6 Å². The zero-order valence-electron chi connectivity index (χ0n) is 11.7. The number of benzene rings is 1. The molecule has 8 nitrogen and oxygen atoms in total. The molecule has 0 aliphatic carbocycles. The standard InChI is InChI=1S/C14H10N2O6/c1-21-7-3-4-8(22-2)12-11(7)13(19)16(14(12)20)15-9(17)5-6-10(15)18/h3-6H,1-2H3. The Morgan fingerprint density at radius 2 is 1.14 bits per heavy atom. The molecule has 0 radical (unpaired) electrons. The predicted octanol–water partition coefficient (Wildman–Crippen LogP) is 0.140. The number of hydrazine groups is 1. The number of ether oxygens (including phenoxy) is 2. The summed E-state index contributed by atoms with van der Waals surface area (Å²) in [5.74, 6) is -2.86. The van der Waals surface area contributed by atoms with Crippen molar-refractivity contribution < 1.29 is 28.7 Å². The molecule has 0 spiro atoms. The van der Waals surface area contributed by atoms with Crippen molar-refractivity contribution in [3.8, 4) is 11.5 Å². The van der Waals surface area contributed by atoms with Gasteiger partial charge in [-0.3, -0.25) is 19.2 Å². The van der Waals surface area contributed by atoms with E-state index in [1.165, 1.54) is 26.4 Å². The van der Waals surface area contributed by atoms with E-state index in [1.807, 2.05) is 0 Å². The van der Waals surface area contributed by atoms with E-state index in [2.05, 4.69) is 0 Å². The van der Waals surface area contributed by atoms with Crippen molar-refractivity contribution in [2.45, 2.75) is 0 Å². The van der Waals surface area contributed by atoms with E-state index >= 15 is 0 Å². The van der Waals surface area contributed by atoms with Crippen molar-refractivity contribution in [2.75, 3.05) is 14.2 Å². The first-order valence-corrected chi connectivity index (χ1v) is 6.21. The van der Waals surface area contributed by atoms with Crippen molar-refractivity contribution >= 4 is 23.6 Å². The minimum Gasteiger partial charge on any atom is -0.496 e. The number of carbonyl (C=O) groups excluding carboxylic acids is 4. The van der Waals surface area contributed by atoms with Gasteiger partial charge in [-0.1, -0.05) is 0 Å². The number of imide groups is 2. The summed E-state index contributed by atoms with van der Waals surface area (Å²) in [6, 6.07) is 2.94. The summed E-state index contributed by atoms with van der Waals surface area (Å²) in [5.41, 5.74) is -0.0845. The van der Waals surface area contributed by atoms with Crippen LogP contribution in [0.2, 0.25) is 0 Å². The third-order valence-corrected chi connectivity index (χ3v) is 3.37. The van der Waals surface area contributed by atoms with Crippen LogP contribution in [0.3, 0.4) is 0 Å². The molecule has 2 heterocycles. The summed E-state index contributed by atoms with van der Waals surface area (Å²) in [7, 11) is 2.69. The van der Waals surface area contributed by atoms with Crippen molar-refractivity contribution in [1.82, 2.24) is 10.0 Å². The van der Waals surface area contributed by atoms with Gasteiger partial charge < -0.3 is 9.47 Å². The van der Waals surface area contributed by atoms with Crippen molar-refractivity contribution in [1.29, 1.82) is 0 Å². The van der Waals surface area contributed by atoms with Crippen LogP contribution >= 0.6 is 0 Å². The van der Waals surface area contributed by atoms with Crippen molar-refractivity contribution in [2.24, 2.45) is 0 Å². The van der Waals surface area contributed by atoms with Crippen LogP contribution in [0.4, 0.5) is 0 Å². The molecular formula is C14H10N2O6. The highest BCUT2D eigenvalue weighted by molar-refractivity contribution is 6.27. The van der Waals surface area contributed by atoms with Crippen LogP contribution in [0, 0.1) is 0 Å². The van der Waals surface area contributed by atoms with Crippen LogP contribution in [-0.2, 0) is 9.59 Å². The second-order valence-corrected chi connectivity index (χ2v) is 4.46. The number of hydrogen-bond acceptors (Lipinski definition) is 6. The third kappa shape index (κ3) is 1.63. The molecule has 0 fully saturated rings. The molecule has 0 bridgehead atoms. The first-order valence-electron chi connectivity index (χ1n) is 6.21. The molecule has 3 rings (SSSR count). The Bertz CT molecular complexity index is 706. The zero-order chi connectivity index (χ0) is 16.0.